The van der Waals surface area contributed by atoms with Crippen molar-refractivity contribution in [2.24, 2.45) is 5.41 Å². The van der Waals surface area contributed by atoms with Crippen molar-refractivity contribution in [3.05, 3.63) is 12.2 Å². The average Bonchev–Trinajstić information content (AvgIpc) is 2.36. The van der Waals surface area contributed by atoms with Crippen LogP contribution in [0.25, 0.3) is 0 Å². The van der Waals surface area contributed by atoms with Gasteiger partial charge in [0.05, 0.1) is 0 Å². The Balaban J connectivity index is 2.43. The summed E-state index contributed by atoms with van der Waals surface area (Å²) in [7, 11) is 0. The van der Waals surface area contributed by atoms with Crippen LogP contribution < -0.4 is 0 Å². The summed E-state index contributed by atoms with van der Waals surface area (Å²) in [5, 5.41) is 0. The number of hydrogen-bond acceptors (Lipinski definition) is 1. The van der Waals surface area contributed by atoms with Crippen LogP contribution in [-0.2, 0) is 4.79 Å². The number of hydrogen-bond donors (Lipinski definition) is 0. The van der Waals surface area contributed by atoms with Crippen molar-refractivity contribution in [3.63, 3.8) is 0 Å². The molecule has 0 unspecified atom stereocenters. The van der Waals surface area contributed by atoms with Gasteiger partial charge < -0.3 is 0 Å². The zero-order valence-electron chi connectivity index (χ0n) is 8.10. The molecular formula is C11H18O. The third-order valence-electron chi connectivity index (χ3n) is 2.76. The predicted molar refractivity (Wildman–Crippen MR) is 51.0 cm³/mol. The molecule has 0 bridgehead atoms. The first-order valence-corrected chi connectivity index (χ1v) is 4.82. The fourth-order valence-corrected chi connectivity index (χ4v) is 2.07. The van der Waals surface area contributed by atoms with E-state index in [-0.39, 0.29) is 0 Å². The molecule has 0 radical (unpaired) electrons. The van der Waals surface area contributed by atoms with Crippen LogP contribution in [0.2, 0.25) is 0 Å². The summed E-state index contributed by atoms with van der Waals surface area (Å²) in [6.45, 7) is 4.14. The summed E-state index contributed by atoms with van der Waals surface area (Å²) in [5.74, 6) is 0.293. The summed E-state index contributed by atoms with van der Waals surface area (Å²) >= 11 is 0. The monoisotopic (exact) mass is 166 g/mol. The van der Waals surface area contributed by atoms with Crippen LogP contribution in [0, 0.1) is 5.41 Å². The molecule has 68 valence electrons. The maximum atomic E-state index is 11.3. The lowest BCUT2D eigenvalue weighted by Crippen LogP contribution is -2.15. The molecule has 1 rings (SSSR count). The largest absolute Gasteiger partial charge is 0.295 e. The molecule has 0 aromatic heterocycles. The van der Waals surface area contributed by atoms with Crippen LogP contribution in [0.5, 0.6) is 0 Å². The lowest BCUT2D eigenvalue weighted by molar-refractivity contribution is -0.116. The fourth-order valence-electron chi connectivity index (χ4n) is 2.07. The maximum Gasteiger partial charge on any atom is 0.155 e. The first kappa shape index (κ1) is 9.50. The van der Waals surface area contributed by atoms with Gasteiger partial charge >= 0.3 is 0 Å². The highest BCUT2D eigenvalue weighted by Crippen LogP contribution is 2.40. The molecule has 1 nitrogen and oxygen atoms in total. The van der Waals surface area contributed by atoms with Crippen molar-refractivity contribution in [2.45, 2.75) is 46.0 Å². The van der Waals surface area contributed by atoms with E-state index in [1.54, 1.807) is 6.08 Å². The van der Waals surface area contributed by atoms with E-state index in [0.29, 0.717) is 11.2 Å². The molecule has 1 heteroatoms. The van der Waals surface area contributed by atoms with Gasteiger partial charge in [0.15, 0.2) is 5.78 Å². The molecule has 0 heterocycles. The summed E-state index contributed by atoms with van der Waals surface area (Å²) in [6.07, 6.45) is 9.35. The van der Waals surface area contributed by atoms with Crippen molar-refractivity contribution >= 4 is 5.78 Å². The van der Waals surface area contributed by atoms with E-state index in [9.17, 15) is 4.79 Å². The second-order valence-electron chi connectivity index (χ2n) is 4.16. The molecule has 1 aliphatic rings. The van der Waals surface area contributed by atoms with Crippen molar-refractivity contribution in [3.8, 4) is 0 Å². The van der Waals surface area contributed by atoms with Crippen molar-refractivity contribution < 1.29 is 4.79 Å². The molecule has 0 N–H and O–H groups in total. The summed E-state index contributed by atoms with van der Waals surface area (Å²) in [4.78, 5) is 11.3. The Labute approximate surface area is 74.9 Å². The molecular weight excluding hydrogens is 148 g/mol. The molecule has 0 spiro atoms. The highest BCUT2D eigenvalue weighted by atomic mass is 16.1. The molecule has 0 amide bonds. The van der Waals surface area contributed by atoms with Gasteiger partial charge in [-0.1, -0.05) is 25.8 Å². The molecule has 1 saturated carbocycles. The zero-order valence-corrected chi connectivity index (χ0v) is 8.10. The van der Waals surface area contributed by atoms with Crippen molar-refractivity contribution in [2.75, 3.05) is 0 Å². The van der Waals surface area contributed by atoms with Gasteiger partial charge in [0.25, 0.3) is 0 Å². The van der Waals surface area contributed by atoms with Gasteiger partial charge in [-0.2, -0.15) is 0 Å². The summed E-state index contributed by atoms with van der Waals surface area (Å²) < 4.78 is 0. The maximum absolute atomic E-state index is 11.3. The molecule has 1 fully saturated rings. The quantitative estimate of drug-likeness (QED) is 0.589. The van der Waals surface area contributed by atoms with Gasteiger partial charge in [0.2, 0.25) is 0 Å². The molecule has 12 heavy (non-hydrogen) atoms. The molecule has 0 saturated heterocycles. The summed E-state index contributed by atoms with van der Waals surface area (Å²) in [6, 6.07) is 0. The van der Waals surface area contributed by atoms with Crippen LogP contribution in [0.4, 0.5) is 0 Å². The Hall–Kier alpha value is -0.590. The van der Waals surface area contributed by atoms with E-state index in [1.165, 1.54) is 25.7 Å². The number of ketones is 1. The van der Waals surface area contributed by atoms with E-state index in [1.807, 2.05) is 13.0 Å². The van der Waals surface area contributed by atoms with E-state index < -0.39 is 0 Å². The molecule has 0 aromatic carbocycles. The molecule has 0 aliphatic heterocycles. The standard InChI is InChI=1S/C11H18O/c1-3-6-10(12)9-11(2)7-4-5-8-11/h3,6H,4-5,7-9H2,1-2H3/b6-3-. The smallest absolute Gasteiger partial charge is 0.155 e. The number of rotatable bonds is 3. The number of carbonyl (C=O) groups is 1. The minimum atomic E-state index is 0.293. The third kappa shape index (κ3) is 2.47. The normalized spacial score (nSPS) is 21.8. The highest BCUT2D eigenvalue weighted by molar-refractivity contribution is 5.90. The molecule has 0 atom stereocenters. The van der Waals surface area contributed by atoms with Crippen LogP contribution in [0.15, 0.2) is 12.2 Å². The minimum absolute atomic E-state index is 0.293. The van der Waals surface area contributed by atoms with Crippen molar-refractivity contribution in [1.29, 1.82) is 0 Å². The van der Waals surface area contributed by atoms with Crippen molar-refractivity contribution in [1.82, 2.24) is 0 Å². The lowest BCUT2D eigenvalue weighted by atomic mass is 9.83. The van der Waals surface area contributed by atoms with Gasteiger partial charge in [-0.3, -0.25) is 4.79 Å². The highest BCUT2D eigenvalue weighted by Gasteiger charge is 2.29. The van der Waals surface area contributed by atoms with E-state index in [4.69, 9.17) is 0 Å². The molecule has 0 aromatic rings. The van der Waals surface area contributed by atoms with Gasteiger partial charge in [-0.05, 0) is 31.3 Å². The zero-order chi connectivity index (χ0) is 9.03. The van der Waals surface area contributed by atoms with Gasteiger partial charge in [0, 0.05) is 6.42 Å². The Morgan fingerprint density at radius 2 is 2.00 bits per heavy atom. The third-order valence-corrected chi connectivity index (χ3v) is 2.76. The SMILES string of the molecule is C/C=C\C(=O)CC1(C)CCCC1. The Bertz CT molecular complexity index is 185. The van der Waals surface area contributed by atoms with Crippen LogP contribution in [-0.4, -0.2) is 5.78 Å². The lowest BCUT2D eigenvalue weighted by Gasteiger charge is -2.21. The minimum Gasteiger partial charge on any atom is -0.295 e. The topological polar surface area (TPSA) is 17.1 Å². The first-order valence-electron chi connectivity index (χ1n) is 4.82. The second kappa shape index (κ2) is 3.88. The average molecular weight is 166 g/mol. The second-order valence-corrected chi connectivity index (χ2v) is 4.16. The first-order chi connectivity index (χ1) is 5.66. The van der Waals surface area contributed by atoms with E-state index in [0.717, 1.165) is 6.42 Å². The van der Waals surface area contributed by atoms with Crippen LogP contribution in [0.1, 0.15) is 46.0 Å². The number of allylic oxidation sites excluding steroid dienone is 2. The Kier molecular flexibility index (Phi) is 3.07. The fraction of sp³-hybridized carbons (Fsp3) is 0.727. The Morgan fingerprint density at radius 1 is 1.42 bits per heavy atom. The van der Waals surface area contributed by atoms with E-state index in [2.05, 4.69) is 6.92 Å². The van der Waals surface area contributed by atoms with E-state index >= 15 is 0 Å². The predicted octanol–water partition coefficient (Wildman–Crippen LogP) is 3.10. The van der Waals surface area contributed by atoms with Gasteiger partial charge in [-0.25, -0.2) is 0 Å². The van der Waals surface area contributed by atoms with Crippen LogP contribution in [0.3, 0.4) is 0 Å². The number of carbonyl (C=O) groups excluding carboxylic acids is 1. The Morgan fingerprint density at radius 3 is 2.50 bits per heavy atom. The summed E-state index contributed by atoms with van der Waals surface area (Å²) in [5.41, 5.74) is 0.316. The molecule has 1 aliphatic carbocycles. The van der Waals surface area contributed by atoms with Gasteiger partial charge in [-0.15, -0.1) is 0 Å². The van der Waals surface area contributed by atoms with Crippen LogP contribution >= 0.6 is 0 Å². The van der Waals surface area contributed by atoms with Gasteiger partial charge in [0.1, 0.15) is 0 Å².